The molecule has 1 aliphatic rings. The lowest BCUT2D eigenvalue weighted by atomic mass is 10.1. The summed E-state index contributed by atoms with van der Waals surface area (Å²) in [6.45, 7) is 4.18. The molecule has 1 aliphatic heterocycles. The summed E-state index contributed by atoms with van der Waals surface area (Å²) in [7, 11) is 2.89. The highest BCUT2D eigenvalue weighted by molar-refractivity contribution is 8.03. The SMILES string of the molecule is COC=C(C(=O)OC)C1=CN(c2c(C)cccc2C)CS1. The number of carbonyl (C=O) groups is 1. The summed E-state index contributed by atoms with van der Waals surface area (Å²) in [4.78, 5) is 14.8. The summed E-state index contributed by atoms with van der Waals surface area (Å²) in [5.74, 6) is 0.373. The molecule has 1 heterocycles. The van der Waals surface area contributed by atoms with Crippen LogP contribution < -0.4 is 4.90 Å². The molecule has 0 aromatic heterocycles. The lowest BCUT2D eigenvalue weighted by Crippen LogP contribution is -2.13. The maximum atomic E-state index is 11.8. The Bertz CT molecular complexity index is 587. The standard InChI is InChI=1S/C16H19NO3S/c1-11-6-5-7-12(2)15(11)17-8-14(21-10-17)13(9-19-3)16(18)20-4/h5-9H,10H2,1-4H3. The number of nitrogens with zero attached hydrogens (tertiary/aromatic N) is 1. The summed E-state index contributed by atoms with van der Waals surface area (Å²) in [6.07, 6.45) is 3.40. The minimum atomic E-state index is -0.390. The van der Waals surface area contributed by atoms with Gasteiger partial charge in [0.1, 0.15) is 5.57 Å². The number of esters is 1. The van der Waals surface area contributed by atoms with Crippen LogP contribution in [0.25, 0.3) is 0 Å². The van der Waals surface area contributed by atoms with Gasteiger partial charge in [-0.2, -0.15) is 0 Å². The number of hydrogen-bond donors (Lipinski definition) is 0. The molecule has 1 aromatic carbocycles. The van der Waals surface area contributed by atoms with Crippen molar-refractivity contribution in [3.05, 3.63) is 52.3 Å². The molecule has 0 N–H and O–H groups in total. The second-order valence-electron chi connectivity index (χ2n) is 4.74. The molecule has 0 bridgehead atoms. The van der Waals surface area contributed by atoms with Gasteiger partial charge in [0.2, 0.25) is 0 Å². The zero-order valence-electron chi connectivity index (χ0n) is 12.7. The molecule has 21 heavy (non-hydrogen) atoms. The largest absolute Gasteiger partial charge is 0.503 e. The molecule has 112 valence electrons. The van der Waals surface area contributed by atoms with Gasteiger partial charge in [0.05, 0.1) is 26.4 Å². The predicted molar refractivity (Wildman–Crippen MR) is 86.0 cm³/mol. The Balaban J connectivity index is 2.34. The molecule has 4 nitrogen and oxygen atoms in total. The average molecular weight is 305 g/mol. The topological polar surface area (TPSA) is 38.8 Å². The van der Waals surface area contributed by atoms with E-state index in [2.05, 4.69) is 30.9 Å². The van der Waals surface area contributed by atoms with E-state index in [0.717, 1.165) is 10.8 Å². The second kappa shape index (κ2) is 6.72. The summed E-state index contributed by atoms with van der Waals surface area (Å²) < 4.78 is 9.80. The molecule has 5 heteroatoms. The highest BCUT2D eigenvalue weighted by atomic mass is 32.2. The Morgan fingerprint density at radius 1 is 1.29 bits per heavy atom. The van der Waals surface area contributed by atoms with Crippen molar-refractivity contribution in [2.75, 3.05) is 25.0 Å². The molecule has 0 saturated carbocycles. The lowest BCUT2D eigenvalue weighted by Gasteiger charge is -2.19. The van der Waals surface area contributed by atoms with Crippen LogP contribution in [-0.4, -0.2) is 26.1 Å². The third-order valence-electron chi connectivity index (χ3n) is 3.27. The van der Waals surface area contributed by atoms with Crippen LogP contribution in [0, 0.1) is 13.8 Å². The Morgan fingerprint density at radius 2 is 1.95 bits per heavy atom. The maximum absolute atomic E-state index is 11.8. The van der Waals surface area contributed by atoms with Crippen molar-refractivity contribution < 1.29 is 14.3 Å². The monoisotopic (exact) mass is 305 g/mol. The van der Waals surface area contributed by atoms with E-state index >= 15 is 0 Å². The van der Waals surface area contributed by atoms with Crippen molar-refractivity contribution in [3.63, 3.8) is 0 Å². The molecule has 1 aromatic rings. The fourth-order valence-electron chi connectivity index (χ4n) is 2.32. The van der Waals surface area contributed by atoms with E-state index in [1.165, 1.54) is 37.3 Å². The van der Waals surface area contributed by atoms with Gasteiger partial charge < -0.3 is 14.4 Å². The summed E-state index contributed by atoms with van der Waals surface area (Å²) in [6, 6.07) is 6.23. The van der Waals surface area contributed by atoms with E-state index in [-0.39, 0.29) is 5.97 Å². The van der Waals surface area contributed by atoms with Gasteiger partial charge in [-0.1, -0.05) is 18.2 Å². The maximum Gasteiger partial charge on any atom is 0.342 e. The highest BCUT2D eigenvalue weighted by Gasteiger charge is 2.24. The second-order valence-corrected chi connectivity index (χ2v) is 5.72. The molecular formula is C16H19NO3S. The van der Waals surface area contributed by atoms with Crippen LogP contribution in [0.15, 0.2) is 41.1 Å². The van der Waals surface area contributed by atoms with E-state index in [1.54, 1.807) is 11.8 Å². The molecular weight excluding hydrogens is 286 g/mol. The fourth-order valence-corrected chi connectivity index (χ4v) is 3.30. The first-order valence-electron chi connectivity index (χ1n) is 6.57. The quantitative estimate of drug-likeness (QED) is 0.484. The number of anilines is 1. The van der Waals surface area contributed by atoms with Gasteiger partial charge in [-0.25, -0.2) is 4.79 Å². The van der Waals surface area contributed by atoms with Crippen molar-refractivity contribution in [3.8, 4) is 0 Å². The van der Waals surface area contributed by atoms with Crippen molar-refractivity contribution in [2.45, 2.75) is 13.8 Å². The van der Waals surface area contributed by atoms with Gasteiger partial charge >= 0.3 is 5.97 Å². The normalized spacial score (nSPS) is 15.0. The van der Waals surface area contributed by atoms with Gasteiger partial charge in [-0.05, 0) is 25.0 Å². The van der Waals surface area contributed by atoms with E-state index in [4.69, 9.17) is 9.47 Å². The number of thioether (sulfide) groups is 1. The van der Waals surface area contributed by atoms with Gasteiger partial charge in [0.25, 0.3) is 0 Å². The van der Waals surface area contributed by atoms with Crippen LogP contribution in [0.2, 0.25) is 0 Å². The van der Waals surface area contributed by atoms with Crippen LogP contribution in [-0.2, 0) is 14.3 Å². The lowest BCUT2D eigenvalue weighted by molar-refractivity contribution is -0.135. The predicted octanol–water partition coefficient (Wildman–Crippen LogP) is 3.36. The van der Waals surface area contributed by atoms with Crippen LogP contribution >= 0.6 is 11.8 Å². The van der Waals surface area contributed by atoms with Crippen LogP contribution in [0.3, 0.4) is 0 Å². The molecule has 2 rings (SSSR count). The fraction of sp³-hybridized carbons (Fsp3) is 0.312. The smallest absolute Gasteiger partial charge is 0.342 e. The Hall–Kier alpha value is -1.88. The average Bonchev–Trinajstić information content (AvgIpc) is 2.93. The number of para-hydroxylation sites is 1. The van der Waals surface area contributed by atoms with E-state index in [0.29, 0.717) is 5.57 Å². The van der Waals surface area contributed by atoms with Crippen molar-refractivity contribution in [1.29, 1.82) is 0 Å². The molecule has 0 aliphatic carbocycles. The number of methoxy groups -OCH3 is 2. The van der Waals surface area contributed by atoms with Gasteiger partial charge in [0.15, 0.2) is 0 Å². The van der Waals surface area contributed by atoms with E-state index in [9.17, 15) is 4.79 Å². The molecule has 0 unspecified atom stereocenters. The first kappa shape index (κ1) is 15.5. The zero-order valence-corrected chi connectivity index (χ0v) is 13.5. The Labute approximate surface area is 129 Å². The zero-order chi connectivity index (χ0) is 15.4. The third kappa shape index (κ3) is 3.24. The summed E-state index contributed by atoms with van der Waals surface area (Å²) >= 11 is 1.59. The van der Waals surface area contributed by atoms with Gasteiger partial charge in [0, 0.05) is 16.8 Å². The minimum absolute atomic E-state index is 0.390. The molecule has 0 atom stereocenters. The minimum Gasteiger partial charge on any atom is -0.503 e. The molecule has 0 fully saturated rings. The highest BCUT2D eigenvalue weighted by Crippen LogP contribution is 2.37. The van der Waals surface area contributed by atoms with Crippen LogP contribution in [0.1, 0.15) is 11.1 Å². The van der Waals surface area contributed by atoms with Crippen LogP contribution in [0.5, 0.6) is 0 Å². The van der Waals surface area contributed by atoms with E-state index < -0.39 is 0 Å². The number of benzene rings is 1. The molecule has 0 radical (unpaired) electrons. The first-order chi connectivity index (χ1) is 10.1. The number of carbonyl (C=O) groups excluding carboxylic acids is 1. The first-order valence-corrected chi connectivity index (χ1v) is 7.56. The molecule has 0 amide bonds. The van der Waals surface area contributed by atoms with E-state index in [1.807, 2.05) is 12.3 Å². The Morgan fingerprint density at radius 3 is 2.52 bits per heavy atom. The molecule has 0 saturated heterocycles. The van der Waals surface area contributed by atoms with Gasteiger partial charge in [-0.15, -0.1) is 11.8 Å². The van der Waals surface area contributed by atoms with Gasteiger partial charge in [-0.3, -0.25) is 0 Å². The van der Waals surface area contributed by atoms with Crippen molar-refractivity contribution >= 4 is 23.4 Å². The van der Waals surface area contributed by atoms with Crippen LogP contribution in [0.4, 0.5) is 5.69 Å². The van der Waals surface area contributed by atoms with Crippen molar-refractivity contribution in [2.24, 2.45) is 0 Å². The summed E-state index contributed by atoms with van der Waals surface area (Å²) in [5.41, 5.74) is 4.05. The third-order valence-corrected chi connectivity index (χ3v) is 4.31. The Kier molecular flexibility index (Phi) is 4.96. The van der Waals surface area contributed by atoms with Crippen molar-refractivity contribution in [1.82, 2.24) is 0 Å². The number of aryl methyl sites for hydroxylation is 2. The number of hydrogen-bond acceptors (Lipinski definition) is 5. The molecule has 0 spiro atoms. The number of rotatable bonds is 4. The summed E-state index contributed by atoms with van der Waals surface area (Å²) in [5, 5.41) is 0. The number of ether oxygens (including phenoxy) is 2.